The Morgan fingerprint density at radius 3 is 2.33 bits per heavy atom. The molecule has 0 radical (unpaired) electrons. The van der Waals surface area contributed by atoms with E-state index < -0.39 is 0 Å². The van der Waals surface area contributed by atoms with Crippen molar-refractivity contribution in [3.05, 3.63) is 35.9 Å². The Hall–Kier alpha value is -0.860. The molecule has 98 valence electrons. The molecular weight excluding hydrogens is 220 g/mol. The predicted octanol–water partition coefficient (Wildman–Crippen LogP) is 2.92. The van der Waals surface area contributed by atoms with Gasteiger partial charge < -0.3 is 5.73 Å². The number of fused-ring (bicyclic) bond motifs is 2. The van der Waals surface area contributed by atoms with Crippen molar-refractivity contribution >= 4 is 0 Å². The fourth-order valence-electron chi connectivity index (χ4n) is 3.82. The van der Waals surface area contributed by atoms with Crippen LogP contribution in [0.2, 0.25) is 0 Å². The van der Waals surface area contributed by atoms with Crippen molar-refractivity contribution in [3.63, 3.8) is 0 Å². The second-order valence-corrected chi connectivity index (χ2v) is 6.17. The molecule has 2 atom stereocenters. The molecular formula is C16H24N2. The van der Waals surface area contributed by atoms with Gasteiger partial charge in [-0.25, -0.2) is 0 Å². The lowest BCUT2D eigenvalue weighted by Gasteiger charge is -2.44. The van der Waals surface area contributed by atoms with Crippen molar-refractivity contribution < 1.29 is 0 Å². The monoisotopic (exact) mass is 244 g/mol. The molecule has 0 spiro atoms. The van der Waals surface area contributed by atoms with Crippen LogP contribution in [0.4, 0.5) is 0 Å². The number of hydrogen-bond acceptors (Lipinski definition) is 2. The SMILES string of the molecule is CCC1(N)CC2CCC(C1)N2Cc1ccccc1. The molecule has 0 amide bonds. The van der Waals surface area contributed by atoms with Crippen LogP contribution in [-0.4, -0.2) is 22.5 Å². The molecule has 2 heterocycles. The van der Waals surface area contributed by atoms with Gasteiger partial charge in [-0.05, 0) is 37.7 Å². The third-order valence-corrected chi connectivity index (χ3v) is 4.97. The van der Waals surface area contributed by atoms with E-state index in [1.165, 1.54) is 31.2 Å². The van der Waals surface area contributed by atoms with E-state index in [-0.39, 0.29) is 5.54 Å². The summed E-state index contributed by atoms with van der Waals surface area (Å²) in [6.45, 7) is 3.35. The molecule has 2 heteroatoms. The summed E-state index contributed by atoms with van der Waals surface area (Å²) >= 11 is 0. The quantitative estimate of drug-likeness (QED) is 0.886. The second kappa shape index (κ2) is 4.67. The summed E-state index contributed by atoms with van der Waals surface area (Å²) in [5.74, 6) is 0. The molecule has 2 saturated heterocycles. The lowest BCUT2D eigenvalue weighted by Crippen LogP contribution is -2.54. The van der Waals surface area contributed by atoms with E-state index in [4.69, 9.17) is 5.73 Å². The summed E-state index contributed by atoms with van der Waals surface area (Å²) in [7, 11) is 0. The number of nitrogens with two attached hydrogens (primary N) is 1. The van der Waals surface area contributed by atoms with E-state index in [0.29, 0.717) is 12.1 Å². The van der Waals surface area contributed by atoms with Gasteiger partial charge in [-0.1, -0.05) is 37.3 Å². The van der Waals surface area contributed by atoms with Crippen LogP contribution in [0.3, 0.4) is 0 Å². The Balaban J connectivity index is 1.73. The maximum atomic E-state index is 6.51. The lowest BCUT2D eigenvalue weighted by atomic mass is 9.81. The number of rotatable bonds is 3. The predicted molar refractivity (Wildman–Crippen MR) is 75.2 cm³/mol. The van der Waals surface area contributed by atoms with Crippen LogP contribution in [-0.2, 0) is 6.54 Å². The largest absolute Gasteiger partial charge is 0.325 e. The topological polar surface area (TPSA) is 29.3 Å². The van der Waals surface area contributed by atoms with Crippen LogP contribution in [0.1, 0.15) is 44.6 Å². The fourth-order valence-corrected chi connectivity index (χ4v) is 3.82. The molecule has 2 bridgehead atoms. The van der Waals surface area contributed by atoms with Crippen molar-refractivity contribution in [2.24, 2.45) is 5.73 Å². The maximum Gasteiger partial charge on any atom is 0.0239 e. The minimum atomic E-state index is 0.110. The molecule has 2 aliphatic heterocycles. The highest BCUT2D eigenvalue weighted by atomic mass is 15.2. The minimum absolute atomic E-state index is 0.110. The van der Waals surface area contributed by atoms with E-state index in [2.05, 4.69) is 42.2 Å². The van der Waals surface area contributed by atoms with Gasteiger partial charge in [0.2, 0.25) is 0 Å². The van der Waals surface area contributed by atoms with Crippen molar-refractivity contribution in [3.8, 4) is 0 Å². The van der Waals surface area contributed by atoms with E-state index >= 15 is 0 Å². The number of hydrogen-bond donors (Lipinski definition) is 1. The lowest BCUT2D eigenvalue weighted by molar-refractivity contribution is 0.0784. The summed E-state index contributed by atoms with van der Waals surface area (Å²) in [6, 6.07) is 12.3. The van der Waals surface area contributed by atoms with Crippen molar-refractivity contribution in [2.75, 3.05) is 0 Å². The zero-order valence-corrected chi connectivity index (χ0v) is 11.3. The fraction of sp³-hybridized carbons (Fsp3) is 0.625. The first kappa shape index (κ1) is 12.2. The molecule has 0 aliphatic carbocycles. The van der Waals surface area contributed by atoms with Crippen LogP contribution in [0.5, 0.6) is 0 Å². The van der Waals surface area contributed by atoms with Crippen LogP contribution in [0.25, 0.3) is 0 Å². The average Bonchev–Trinajstić information content (AvgIpc) is 2.64. The second-order valence-electron chi connectivity index (χ2n) is 6.17. The van der Waals surface area contributed by atoms with Crippen LogP contribution < -0.4 is 5.73 Å². The van der Waals surface area contributed by atoms with Gasteiger partial charge in [-0.15, -0.1) is 0 Å². The van der Waals surface area contributed by atoms with Crippen LogP contribution in [0.15, 0.2) is 30.3 Å². The molecule has 18 heavy (non-hydrogen) atoms. The zero-order chi connectivity index (χ0) is 12.6. The Morgan fingerprint density at radius 2 is 1.78 bits per heavy atom. The Kier molecular flexibility index (Phi) is 3.16. The molecule has 2 unspecified atom stereocenters. The molecule has 0 aromatic heterocycles. The van der Waals surface area contributed by atoms with Crippen molar-refractivity contribution in [2.45, 2.75) is 63.2 Å². The van der Waals surface area contributed by atoms with Gasteiger partial charge >= 0.3 is 0 Å². The molecule has 2 fully saturated rings. The summed E-state index contributed by atoms with van der Waals surface area (Å²) in [5.41, 5.74) is 8.06. The number of piperidine rings is 1. The number of nitrogens with zero attached hydrogens (tertiary/aromatic N) is 1. The maximum absolute atomic E-state index is 6.51. The third kappa shape index (κ3) is 2.19. The minimum Gasteiger partial charge on any atom is -0.325 e. The Morgan fingerprint density at radius 1 is 1.17 bits per heavy atom. The van der Waals surface area contributed by atoms with Crippen molar-refractivity contribution in [1.29, 1.82) is 0 Å². The van der Waals surface area contributed by atoms with E-state index in [1.807, 2.05) is 0 Å². The molecule has 2 N–H and O–H groups in total. The smallest absolute Gasteiger partial charge is 0.0239 e. The van der Waals surface area contributed by atoms with Gasteiger partial charge in [0.25, 0.3) is 0 Å². The third-order valence-electron chi connectivity index (χ3n) is 4.97. The summed E-state index contributed by atoms with van der Waals surface area (Å²) in [4.78, 5) is 2.70. The first-order valence-electron chi connectivity index (χ1n) is 7.29. The van der Waals surface area contributed by atoms with Gasteiger partial charge in [0.1, 0.15) is 0 Å². The normalized spacial score (nSPS) is 35.9. The highest BCUT2D eigenvalue weighted by molar-refractivity contribution is 5.16. The average molecular weight is 244 g/mol. The molecule has 0 saturated carbocycles. The standard InChI is InChI=1S/C16H24N2/c1-2-16(17)10-14-8-9-15(11-16)18(14)12-13-6-4-3-5-7-13/h3-7,14-15H,2,8-12,17H2,1H3. The zero-order valence-electron chi connectivity index (χ0n) is 11.3. The van der Waals surface area contributed by atoms with E-state index in [0.717, 1.165) is 13.0 Å². The highest BCUT2D eigenvalue weighted by Crippen LogP contribution is 2.41. The summed E-state index contributed by atoms with van der Waals surface area (Å²) < 4.78 is 0. The Labute approximate surface area is 110 Å². The van der Waals surface area contributed by atoms with E-state index in [1.54, 1.807) is 0 Å². The van der Waals surface area contributed by atoms with Gasteiger partial charge in [0.15, 0.2) is 0 Å². The summed E-state index contributed by atoms with van der Waals surface area (Å²) in [6.07, 6.45) is 6.19. The van der Waals surface area contributed by atoms with Crippen LogP contribution in [0, 0.1) is 0 Å². The van der Waals surface area contributed by atoms with Crippen molar-refractivity contribution in [1.82, 2.24) is 4.90 Å². The first-order valence-corrected chi connectivity index (χ1v) is 7.29. The highest BCUT2D eigenvalue weighted by Gasteiger charge is 2.45. The molecule has 1 aromatic carbocycles. The first-order chi connectivity index (χ1) is 8.70. The van der Waals surface area contributed by atoms with Gasteiger partial charge in [0, 0.05) is 24.2 Å². The van der Waals surface area contributed by atoms with Gasteiger partial charge in [0.05, 0.1) is 0 Å². The van der Waals surface area contributed by atoms with Gasteiger partial charge in [-0.3, -0.25) is 4.90 Å². The molecule has 2 aliphatic rings. The number of benzene rings is 1. The molecule has 3 rings (SSSR count). The molecule has 2 nitrogen and oxygen atoms in total. The molecule has 1 aromatic rings. The van der Waals surface area contributed by atoms with E-state index in [9.17, 15) is 0 Å². The summed E-state index contributed by atoms with van der Waals surface area (Å²) in [5, 5.41) is 0. The van der Waals surface area contributed by atoms with Gasteiger partial charge in [-0.2, -0.15) is 0 Å². The van der Waals surface area contributed by atoms with Crippen LogP contribution >= 0.6 is 0 Å². The Bertz CT molecular complexity index is 387.